The number of carbonyl (C=O) groups is 1. The third kappa shape index (κ3) is 9.46. The average molecular weight is 856 g/mol. The third-order valence-corrected chi connectivity index (χ3v) is 11.2. The van der Waals surface area contributed by atoms with Crippen molar-refractivity contribution in [2.24, 2.45) is 5.73 Å². The predicted octanol–water partition coefficient (Wildman–Crippen LogP) is 6.44. The van der Waals surface area contributed by atoms with Gasteiger partial charge in [-0.2, -0.15) is 0 Å². The highest BCUT2D eigenvalue weighted by molar-refractivity contribution is 5.93. The molecule has 0 atom stereocenters. The van der Waals surface area contributed by atoms with E-state index in [1.807, 2.05) is 47.3 Å². The monoisotopic (exact) mass is 855 g/mol. The van der Waals surface area contributed by atoms with Crippen LogP contribution in [0.2, 0.25) is 0 Å². The van der Waals surface area contributed by atoms with Gasteiger partial charge < -0.3 is 44.7 Å². The highest BCUT2D eigenvalue weighted by Crippen LogP contribution is 2.35. The Balaban J connectivity index is 0.000000173. The van der Waals surface area contributed by atoms with Gasteiger partial charge >= 0.3 is 6.03 Å². The summed E-state index contributed by atoms with van der Waals surface area (Å²) < 4.78 is 23.6. The van der Waals surface area contributed by atoms with Gasteiger partial charge in [-0.15, -0.1) is 0 Å². The van der Waals surface area contributed by atoms with Crippen LogP contribution in [0.1, 0.15) is 12.8 Å². The maximum Gasteiger partial charge on any atom is 0.321 e. The molecule has 0 aliphatic carbocycles. The number of methoxy groups -OCH3 is 3. The molecule has 2 aliphatic rings. The van der Waals surface area contributed by atoms with Crippen molar-refractivity contribution in [1.29, 1.82) is 0 Å². The van der Waals surface area contributed by atoms with E-state index in [0.717, 1.165) is 76.2 Å². The van der Waals surface area contributed by atoms with E-state index in [1.54, 1.807) is 26.2 Å². The molecule has 18 nitrogen and oxygen atoms in total. The third-order valence-electron chi connectivity index (χ3n) is 11.2. The highest BCUT2D eigenvalue weighted by atomic mass is 16.6. The van der Waals surface area contributed by atoms with Crippen molar-refractivity contribution in [3.8, 4) is 23.1 Å². The van der Waals surface area contributed by atoms with E-state index in [0.29, 0.717) is 62.6 Å². The first-order chi connectivity index (χ1) is 30.7. The summed E-state index contributed by atoms with van der Waals surface area (Å²) in [7, 11) is 4.82. The number of fused-ring (bicyclic) bond motifs is 3. The number of imidazole rings is 1. The van der Waals surface area contributed by atoms with E-state index in [1.165, 1.54) is 36.3 Å². The number of urea groups is 1. The molecule has 0 radical (unpaired) electrons. The number of hydrogen-bond donors (Lipinski definition) is 2. The number of nitrogens with zero attached hydrogens (tertiary/aromatic N) is 9. The van der Waals surface area contributed by atoms with Crippen LogP contribution in [0.15, 0.2) is 97.6 Å². The number of piperazine rings is 1. The molecule has 3 aromatic heterocycles. The number of piperidine rings is 1. The summed E-state index contributed by atoms with van der Waals surface area (Å²) in [6, 6.07) is 25.9. The molecule has 2 fully saturated rings. The average Bonchev–Trinajstić information content (AvgIpc) is 3.75. The lowest BCUT2D eigenvalue weighted by Crippen LogP contribution is -2.50. The fourth-order valence-electron chi connectivity index (χ4n) is 7.77. The number of ether oxygens (including phenoxy) is 4. The Bertz CT molecular complexity index is 2720. The molecule has 2 amide bonds. The standard InChI is InChI=1S/C24H27N5O2.C21H22N6O5/c1-30-13-14-31-19-6-7-21-20(15-19)26-16-29(21)23-8-5-17-3-2-4-22(24(17)27-23)28-11-9-18(25)10-12-28;1-31-18-11-16-17(12-19(18)32-2)22-13-23-20(16)25-7-9-26(10-8-25)21(28)24-14-3-5-15(6-4-14)27(29)30/h2-8,15-16,18H,9-14,25H2,1H3;3-6,11-13H,7-10H2,1-2H3,(H,24,28). The lowest BCUT2D eigenvalue weighted by Gasteiger charge is -2.35. The zero-order chi connectivity index (χ0) is 43.9. The number of nitro groups is 1. The van der Waals surface area contributed by atoms with Crippen LogP contribution in [0.5, 0.6) is 17.2 Å². The first-order valence-corrected chi connectivity index (χ1v) is 20.6. The Morgan fingerprint density at radius 2 is 1.59 bits per heavy atom. The van der Waals surface area contributed by atoms with Crippen molar-refractivity contribution >= 4 is 61.8 Å². The van der Waals surface area contributed by atoms with E-state index in [-0.39, 0.29) is 11.7 Å². The zero-order valence-corrected chi connectivity index (χ0v) is 35.3. The van der Waals surface area contributed by atoms with Crippen LogP contribution in [-0.2, 0) is 4.74 Å². The number of non-ortho nitro benzene ring substituents is 1. The second kappa shape index (κ2) is 19.2. The number of para-hydroxylation sites is 1. The molecule has 326 valence electrons. The van der Waals surface area contributed by atoms with Crippen LogP contribution in [0.4, 0.5) is 27.7 Å². The van der Waals surface area contributed by atoms with Gasteiger partial charge in [0.1, 0.15) is 36.6 Å². The molecule has 4 aromatic carbocycles. The largest absolute Gasteiger partial charge is 0.493 e. The van der Waals surface area contributed by atoms with Crippen LogP contribution < -0.4 is 35.1 Å². The van der Waals surface area contributed by atoms with Gasteiger partial charge in [0.2, 0.25) is 0 Å². The number of nitro benzene ring substituents is 1. The molecular formula is C45H49N11O7. The minimum Gasteiger partial charge on any atom is -0.493 e. The fraction of sp³-hybridized carbons (Fsp3) is 0.311. The summed E-state index contributed by atoms with van der Waals surface area (Å²) in [6.45, 7) is 5.17. The number of carbonyl (C=O) groups excluding carboxylic acids is 1. The SMILES string of the molecule is COCCOc1ccc2c(c1)ncn2-c1ccc2cccc(N3CCC(N)CC3)c2n1.COc1cc2ncnc(N3CCN(C(=O)Nc4ccc([N+](=O)[O-])cc4)CC3)c2cc1OC. The van der Waals surface area contributed by atoms with Crippen molar-refractivity contribution in [2.75, 3.05) is 88.9 Å². The maximum absolute atomic E-state index is 12.6. The quantitative estimate of drug-likeness (QED) is 0.0818. The van der Waals surface area contributed by atoms with Gasteiger partial charge in [0.25, 0.3) is 5.69 Å². The number of rotatable bonds is 11. The van der Waals surface area contributed by atoms with Gasteiger partial charge in [0, 0.05) is 93.1 Å². The van der Waals surface area contributed by atoms with Crippen LogP contribution in [-0.4, -0.2) is 120 Å². The normalized spacial score (nSPS) is 14.4. The number of amides is 2. The molecule has 0 bridgehead atoms. The Labute approximate surface area is 363 Å². The van der Waals surface area contributed by atoms with Gasteiger partial charge in [0.15, 0.2) is 11.5 Å². The summed E-state index contributed by atoms with van der Waals surface area (Å²) in [5.74, 6) is 3.59. The number of anilines is 3. The van der Waals surface area contributed by atoms with Crippen LogP contribution in [0, 0.1) is 10.1 Å². The molecule has 0 unspecified atom stereocenters. The predicted molar refractivity (Wildman–Crippen MR) is 242 cm³/mol. The molecule has 18 heteroatoms. The van der Waals surface area contributed by atoms with E-state index in [2.05, 4.69) is 54.3 Å². The van der Waals surface area contributed by atoms with Gasteiger partial charge in [0.05, 0.1) is 53.5 Å². The number of nitrogens with one attached hydrogen (secondary N) is 1. The minimum absolute atomic E-state index is 0.0251. The van der Waals surface area contributed by atoms with E-state index in [9.17, 15) is 14.9 Å². The Kier molecular flexibility index (Phi) is 12.9. The molecule has 9 rings (SSSR count). The van der Waals surface area contributed by atoms with Gasteiger partial charge in [-0.25, -0.2) is 24.7 Å². The second-order valence-electron chi connectivity index (χ2n) is 15.1. The highest BCUT2D eigenvalue weighted by Gasteiger charge is 2.25. The van der Waals surface area contributed by atoms with Crippen LogP contribution >= 0.6 is 0 Å². The number of pyridine rings is 1. The Morgan fingerprint density at radius 3 is 2.32 bits per heavy atom. The smallest absolute Gasteiger partial charge is 0.321 e. The van der Waals surface area contributed by atoms with Crippen molar-refractivity contribution in [2.45, 2.75) is 18.9 Å². The van der Waals surface area contributed by atoms with Crippen molar-refractivity contribution < 1.29 is 28.7 Å². The molecule has 2 saturated heterocycles. The molecule has 2 aliphatic heterocycles. The van der Waals surface area contributed by atoms with Gasteiger partial charge in [-0.1, -0.05) is 12.1 Å². The summed E-state index contributed by atoms with van der Waals surface area (Å²) in [5.41, 5.74) is 11.4. The molecule has 3 N–H and O–H groups in total. The van der Waals surface area contributed by atoms with Crippen molar-refractivity contribution in [3.63, 3.8) is 0 Å². The molecular weight excluding hydrogens is 807 g/mol. The fourth-order valence-corrected chi connectivity index (χ4v) is 7.77. The first-order valence-electron chi connectivity index (χ1n) is 20.6. The molecule has 0 saturated carbocycles. The van der Waals surface area contributed by atoms with Gasteiger partial charge in [-0.05, 0) is 61.4 Å². The maximum atomic E-state index is 12.6. The Hall–Kier alpha value is -7.31. The van der Waals surface area contributed by atoms with Gasteiger partial charge in [-0.3, -0.25) is 14.7 Å². The van der Waals surface area contributed by atoms with E-state index >= 15 is 0 Å². The zero-order valence-electron chi connectivity index (χ0n) is 35.3. The topological polar surface area (TPSA) is 201 Å². The summed E-state index contributed by atoms with van der Waals surface area (Å²) in [5, 5.41) is 15.5. The number of benzene rings is 4. The number of hydrogen-bond acceptors (Lipinski definition) is 14. The van der Waals surface area contributed by atoms with E-state index in [4.69, 9.17) is 29.7 Å². The van der Waals surface area contributed by atoms with Crippen LogP contribution in [0.25, 0.3) is 38.7 Å². The first kappa shape index (κ1) is 42.4. The van der Waals surface area contributed by atoms with E-state index < -0.39 is 4.92 Å². The van der Waals surface area contributed by atoms with Crippen LogP contribution in [0.3, 0.4) is 0 Å². The lowest BCUT2D eigenvalue weighted by atomic mass is 10.0. The molecule has 5 heterocycles. The summed E-state index contributed by atoms with van der Waals surface area (Å²) >= 11 is 0. The van der Waals surface area contributed by atoms with Crippen molar-refractivity contribution in [1.82, 2.24) is 29.4 Å². The summed E-state index contributed by atoms with van der Waals surface area (Å²) in [6.07, 6.45) is 5.35. The number of nitrogens with two attached hydrogens (primary N) is 1. The minimum atomic E-state index is -0.479. The van der Waals surface area contributed by atoms with Crippen molar-refractivity contribution in [3.05, 3.63) is 108 Å². The Morgan fingerprint density at radius 1 is 0.825 bits per heavy atom. The lowest BCUT2D eigenvalue weighted by molar-refractivity contribution is -0.384. The summed E-state index contributed by atoms with van der Waals surface area (Å²) in [4.78, 5) is 47.5. The number of aromatic nitrogens is 5. The second-order valence-corrected chi connectivity index (χ2v) is 15.1. The molecule has 0 spiro atoms. The molecule has 7 aromatic rings. The molecule has 63 heavy (non-hydrogen) atoms.